The molecule has 0 unspecified atom stereocenters. The van der Waals surface area contributed by atoms with Gasteiger partial charge in [0.15, 0.2) is 0 Å². The van der Waals surface area contributed by atoms with Crippen LogP contribution in [0.5, 0.6) is 0 Å². The topological polar surface area (TPSA) is 95.7 Å². The quantitative estimate of drug-likeness (QED) is 0.780. The lowest BCUT2D eigenvalue weighted by atomic mass is 10.2. The van der Waals surface area contributed by atoms with E-state index in [1.165, 1.54) is 10.4 Å². The normalized spacial score (nSPS) is 16.6. The van der Waals surface area contributed by atoms with Gasteiger partial charge in [-0.15, -0.1) is 0 Å². The molecule has 2 aromatic carbocycles. The second-order valence-electron chi connectivity index (χ2n) is 6.67. The van der Waals surface area contributed by atoms with Crippen LogP contribution in [0.25, 0.3) is 0 Å². The van der Waals surface area contributed by atoms with Crippen molar-refractivity contribution in [3.05, 3.63) is 54.1 Å². The maximum atomic E-state index is 13.0. The lowest BCUT2D eigenvalue weighted by Crippen LogP contribution is -2.34. The summed E-state index contributed by atoms with van der Waals surface area (Å²) in [7, 11) is -1.61. The average molecular weight is 388 g/mol. The molecule has 1 fully saturated rings. The van der Waals surface area contributed by atoms with Gasteiger partial charge in [-0.25, -0.2) is 8.42 Å². The maximum absolute atomic E-state index is 13.0. The van der Waals surface area contributed by atoms with Crippen molar-refractivity contribution in [2.45, 2.75) is 11.3 Å². The number of hydrogen-bond acceptors (Lipinski definition) is 5. The third kappa shape index (κ3) is 4.65. The standard InChI is InChI=1S/C19H24N4O3S/c1-22-9-4-10-23(12-11-22)27(25,26)18-8-3-7-17(14-18)21-19(24)15-5-2-6-16(20)13-15/h2-3,5-8,13-14H,4,9-12,20H2,1H3,(H,21,24). The molecule has 0 radical (unpaired) electrons. The Morgan fingerprint density at radius 3 is 2.59 bits per heavy atom. The van der Waals surface area contributed by atoms with Crippen molar-refractivity contribution < 1.29 is 13.2 Å². The number of hydrogen-bond donors (Lipinski definition) is 2. The molecule has 0 aliphatic carbocycles. The average Bonchev–Trinajstić information content (AvgIpc) is 2.87. The van der Waals surface area contributed by atoms with Crippen LogP contribution in [-0.2, 0) is 10.0 Å². The summed E-state index contributed by atoms with van der Waals surface area (Å²) in [6.45, 7) is 2.53. The summed E-state index contributed by atoms with van der Waals surface area (Å²) in [5.41, 5.74) is 7.04. The third-order valence-electron chi connectivity index (χ3n) is 4.56. The highest BCUT2D eigenvalue weighted by Gasteiger charge is 2.26. The van der Waals surface area contributed by atoms with Crippen LogP contribution in [0.3, 0.4) is 0 Å². The molecule has 144 valence electrons. The number of amides is 1. The van der Waals surface area contributed by atoms with Crippen LogP contribution in [0.4, 0.5) is 11.4 Å². The Kier molecular flexibility index (Phi) is 5.79. The monoisotopic (exact) mass is 388 g/mol. The molecule has 27 heavy (non-hydrogen) atoms. The molecule has 3 rings (SSSR count). The van der Waals surface area contributed by atoms with Crippen molar-refractivity contribution in [2.75, 3.05) is 44.3 Å². The van der Waals surface area contributed by atoms with E-state index >= 15 is 0 Å². The SMILES string of the molecule is CN1CCCN(S(=O)(=O)c2cccc(NC(=O)c3cccc(N)c3)c2)CC1. The van der Waals surface area contributed by atoms with Gasteiger partial charge in [0.25, 0.3) is 5.91 Å². The van der Waals surface area contributed by atoms with Crippen molar-refractivity contribution in [1.82, 2.24) is 9.21 Å². The Hall–Kier alpha value is -2.42. The molecule has 0 saturated carbocycles. The highest BCUT2D eigenvalue weighted by Crippen LogP contribution is 2.21. The molecule has 7 nitrogen and oxygen atoms in total. The van der Waals surface area contributed by atoms with Gasteiger partial charge in [0.2, 0.25) is 10.0 Å². The molecule has 1 saturated heterocycles. The smallest absolute Gasteiger partial charge is 0.255 e. The van der Waals surface area contributed by atoms with E-state index in [2.05, 4.69) is 10.2 Å². The first kappa shape index (κ1) is 19.3. The lowest BCUT2D eigenvalue weighted by molar-refractivity contribution is 0.102. The summed E-state index contributed by atoms with van der Waals surface area (Å²) in [5, 5.41) is 2.73. The minimum Gasteiger partial charge on any atom is -0.399 e. The van der Waals surface area contributed by atoms with Gasteiger partial charge in [0.1, 0.15) is 0 Å². The van der Waals surface area contributed by atoms with Gasteiger partial charge < -0.3 is 16.0 Å². The Morgan fingerprint density at radius 1 is 1.04 bits per heavy atom. The summed E-state index contributed by atoms with van der Waals surface area (Å²) in [6.07, 6.45) is 0.793. The molecule has 0 bridgehead atoms. The summed E-state index contributed by atoms with van der Waals surface area (Å²) < 4.78 is 27.5. The second-order valence-corrected chi connectivity index (χ2v) is 8.61. The number of nitrogens with two attached hydrogens (primary N) is 1. The largest absolute Gasteiger partial charge is 0.399 e. The van der Waals surface area contributed by atoms with E-state index in [-0.39, 0.29) is 10.8 Å². The molecule has 0 atom stereocenters. The Bertz CT molecular complexity index is 930. The first-order valence-corrected chi connectivity index (χ1v) is 10.3. The van der Waals surface area contributed by atoms with Crippen LogP contribution in [-0.4, -0.2) is 56.8 Å². The molecule has 1 heterocycles. The Balaban J connectivity index is 1.79. The van der Waals surface area contributed by atoms with E-state index in [0.29, 0.717) is 36.6 Å². The Morgan fingerprint density at radius 2 is 1.81 bits per heavy atom. The molecule has 1 amide bonds. The number of rotatable bonds is 4. The van der Waals surface area contributed by atoms with E-state index in [0.717, 1.165) is 13.0 Å². The van der Waals surface area contributed by atoms with Crippen LogP contribution >= 0.6 is 0 Å². The minimum atomic E-state index is -3.60. The van der Waals surface area contributed by atoms with Gasteiger partial charge in [-0.05, 0) is 56.4 Å². The van der Waals surface area contributed by atoms with Crippen molar-refractivity contribution in [1.29, 1.82) is 0 Å². The van der Waals surface area contributed by atoms with Crippen molar-refractivity contribution in [2.24, 2.45) is 0 Å². The number of carbonyl (C=O) groups is 1. The zero-order chi connectivity index (χ0) is 19.4. The molecular formula is C19H24N4O3S. The number of sulfonamides is 1. The predicted molar refractivity (Wildman–Crippen MR) is 106 cm³/mol. The predicted octanol–water partition coefficient (Wildman–Crippen LogP) is 1.85. The van der Waals surface area contributed by atoms with Gasteiger partial charge >= 0.3 is 0 Å². The summed E-state index contributed by atoms with van der Waals surface area (Å²) in [5.74, 6) is -0.340. The van der Waals surface area contributed by atoms with Crippen LogP contribution < -0.4 is 11.1 Å². The van der Waals surface area contributed by atoms with Crippen molar-refractivity contribution in [3.63, 3.8) is 0 Å². The molecule has 1 aliphatic rings. The number of carbonyl (C=O) groups excluding carboxylic acids is 1. The van der Waals surface area contributed by atoms with Crippen LogP contribution in [0, 0.1) is 0 Å². The van der Waals surface area contributed by atoms with Gasteiger partial charge in [-0.3, -0.25) is 4.79 Å². The highest BCUT2D eigenvalue weighted by molar-refractivity contribution is 7.89. The van der Waals surface area contributed by atoms with Crippen LogP contribution in [0.1, 0.15) is 16.8 Å². The molecule has 0 spiro atoms. The third-order valence-corrected chi connectivity index (χ3v) is 6.45. The lowest BCUT2D eigenvalue weighted by Gasteiger charge is -2.20. The van der Waals surface area contributed by atoms with Gasteiger partial charge in [-0.1, -0.05) is 12.1 Å². The van der Waals surface area contributed by atoms with E-state index in [1.807, 2.05) is 7.05 Å². The number of nitrogens with zero attached hydrogens (tertiary/aromatic N) is 2. The molecule has 3 N–H and O–H groups in total. The number of likely N-dealkylation sites (N-methyl/N-ethyl adjacent to an activating group) is 1. The minimum absolute atomic E-state index is 0.178. The fourth-order valence-corrected chi connectivity index (χ4v) is 4.55. The number of benzene rings is 2. The summed E-state index contributed by atoms with van der Waals surface area (Å²) in [4.78, 5) is 14.7. The second kappa shape index (κ2) is 8.08. The molecular weight excluding hydrogens is 364 g/mol. The molecule has 0 aromatic heterocycles. The van der Waals surface area contributed by atoms with E-state index in [1.54, 1.807) is 42.5 Å². The maximum Gasteiger partial charge on any atom is 0.255 e. The van der Waals surface area contributed by atoms with Gasteiger partial charge in [0, 0.05) is 36.6 Å². The summed E-state index contributed by atoms with van der Waals surface area (Å²) in [6, 6.07) is 13.0. The van der Waals surface area contributed by atoms with Crippen LogP contribution in [0.15, 0.2) is 53.4 Å². The fourth-order valence-electron chi connectivity index (χ4n) is 3.03. The zero-order valence-electron chi connectivity index (χ0n) is 15.3. The van der Waals surface area contributed by atoms with Crippen molar-refractivity contribution >= 4 is 27.3 Å². The summed E-state index contributed by atoms with van der Waals surface area (Å²) >= 11 is 0. The van der Waals surface area contributed by atoms with E-state index in [9.17, 15) is 13.2 Å². The number of nitrogens with one attached hydrogen (secondary N) is 1. The highest BCUT2D eigenvalue weighted by atomic mass is 32.2. The Labute approximate surface area is 159 Å². The van der Waals surface area contributed by atoms with Gasteiger partial charge in [-0.2, -0.15) is 4.31 Å². The first-order valence-electron chi connectivity index (χ1n) is 8.82. The molecule has 8 heteroatoms. The molecule has 1 aliphatic heterocycles. The molecule has 2 aromatic rings. The van der Waals surface area contributed by atoms with E-state index < -0.39 is 10.0 Å². The zero-order valence-corrected chi connectivity index (χ0v) is 16.1. The van der Waals surface area contributed by atoms with Crippen molar-refractivity contribution in [3.8, 4) is 0 Å². The van der Waals surface area contributed by atoms with Crippen LogP contribution in [0.2, 0.25) is 0 Å². The van der Waals surface area contributed by atoms with Gasteiger partial charge in [0.05, 0.1) is 4.90 Å². The fraction of sp³-hybridized carbons (Fsp3) is 0.316. The number of anilines is 2. The van der Waals surface area contributed by atoms with E-state index in [4.69, 9.17) is 5.73 Å². The number of nitrogen functional groups attached to an aromatic ring is 1. The first-order chi connectivity index (χ1) is 12.9.